The molecule has 0 saturated carbocycles. The van der Waals surface area contributed by atoms with Crippen molar-refractivity contribution in [3.8, 4) is 33.4 Å². The number of benzene rings is 6. The highest BCUT2D eigenvalue weighted by Crippen LogP contribution is 2.41. The molecule has 0 radical (unpaired) electrons. The molecule has 6 aromatic carbocycles. The first-order chi connectivity index (χ1) is 34.8. The van der Waals surface area contributed by atoms with Crippen molar-refractivity contribution in [1.29, 1.82) is 0 Å². The third-order valence-corrected chi connectivity index (χ3v) is 14.0. The Balaban J connectivity index is 0.815. The van der Waals surface area contributed by atoms with E-state index in [-0.39, 0.29) is 22.9 Å². The average molecular weight is 950 g/mol. The number of rotatable bonds is 11. The molecule has 4 aliphatic rings. The highest BCUT2D eigenvalue weighted by molar-refractivity contribution is 6.21. The summed E-state index contributed by atoms with van der Waals surface area (Å²) in [4.78, 5) is 45.8. The molecule has 4 aliphatic heterocycles. The van der Waals surface area contributed by atoms with Crippen LogP contribution in [0.2, 0.25) is 0 Å². The molecule has 12 rings (SSSR count). The zero-order valence-corrected chi connectivity index (χ0v) is 41.3. The smallest absolute Gasteiger partial charge is 0.267 e. The second-order valence-corrected chi connectivity index (χ2v) is 20.6. The van der Waals surface area contributed by atoms with Crippen LogP contribution in [0.25, 0.3) is 33.4 Å². The largest absolute Gasteiger partial charge is 0.338 e. The van der Waals surface area contributed by atoms with Crippen LogP contribution < -0.4 is 15.1 Å². The number of aromatic nitrogens is 4. The van der Waals surface area contributed by atoms with Gasteiger partial charge < -0.3 is 5.32 Å². The summed E-state index contributed by atoms with van der Waals surface area (Å²) >= 11 is 0. The van der Waals surface area contributed by atoms with Gasteiger partial charge in [0, 0.05) is 26.2 Å². The fourth-order valence-corrected chi connectivity index (χ4v) is 10.5. The highest BCUT2D eigenvalue weighted by atomic mass is 16.2. The first-order valence-electron chi connectivity index (χ1n) is 24.5. The van der Waals surface area contributed by atoms with Crippen LogP contribution in [0.5, 0.6) is 0 Å². The molecular weight excluding hydrogens is 895 g/mol. The van der Waals surface area contributed by atoms with Crippen LogP contribution in [0.3, 0.4) is 0 Å². The Hall–Kier alpha value is -8.58. The van der Waals surface area contributed by atoms with Gasteiger partial charge in [0.05, 0.1) is 43.0 Å². The van der Waals surface area contributed by atoms with Gasteiger partial charge in [-0.1, -0.05) is 140 Å². The summed E-state index contributed by atoms with van der Waals surface area (Å²) in [5.74, 6) is 2.97. The molecule has 13 nitrogen and oxygen atoms in total. The number of fused-ring (bicyclic) bond motifs is 6. The van der Waals surface area contributed by atoms with Crippen molar-refractivity contribution in [2.75, 3.05) is 42.3 Å². The summed E-state index contributed by atoms with van der Waals surface area (Å²) in [7, 11) is 3.60. The molecule has 72 heavy (non-hydrogen) atoms. The number of nitrogens with one attached hydrogen (secondary N) is 1. The van der Waals surface area contributed by atoms with Crippen LogP contribution in [-0.4, -0.2) is 91.4 Å². The van der Waals surface area contributed by atoms with Gasteiger partial charge in [-0.15, -0.1) is 0 Å². The van der Waals surface area contributed by atoms with E-state index in [1.165, 1.54) is 0 Å². The normalized spacial score (nSPS) is 16.3. The van der Waals surface area contributed by atoms with Gasteiger partial charge >= 0.3 is 0 Å². The van der Waals surface area contributed by atoms with E-state index in [9.17, 15) is 9.59 Å². The van der Waals surface area contributed by atoms with E-state index in [0.29, 0.717) is 67.3 Å². The quantitative estimate of drug-likeness (QED) is 0.137. The summed E-state index contributed by atoms with van der Waals surface area (Å²) in [5, 5.41) is 13.9. The van der Waals surface area contributed by atoms with Crippen molar-refractivity contribution in [3.63, 3.8) is 0 Å². The third-order valence-electron chi connectivity index (χ3n) is 14.0. The zero-order valence-electron chi connectivity index (χ0n) is 41.3. The molecule has 0 bridgehead atoms. The molecule has 0 fully saturated rings. The van der Waals surface area contributed by atoms with E-state index in [4.69, 9.17) is 20.2 Å². The van der Waals surface area contributed by atoms with Crippen molar-refractivity contribution >= 4 is 46.9 Å². The number of anilines is 4. The minimum absolute atomic E-state index is 0.0822. The lowest BCUT2D eigenvalue weighted by Gasteiger charge is -2.32. The Labute approximate surface area is 419 Å². The summed E-state index contributed by atoms with van der Waals surface area (Å²) in [6, 6.07) is 54.6. The molecule has 13 heteroatoms. The molecule has 6 heterocycles. The van der Waals surface area contributed by atoms with E-state index in [1.54, 1.807) is 23.9 Å². The van der Waals surface area contributed by atoms with Crippen LogP contribution >= 0.6 is 0 Å². The molecule has 0 atom stereocenters. The van der Waals surface area contributed by atoms with Crippen LogP contribution in [0.4, 0.5) is 23.1 Å². The fourth-order valence-electron chi connectivity index (χ4n) is 10.5. The van der Waals surface area contributed by atoms with E-state index < -0.39 is 0 Å². The number of aliphatic imine (C=N–C) groups is 2. The number of guanidine groups is 2. The van der Waals surface area contributed by atoms with Crippen molar-refractivity contribution in [3.05, 3.63) is 191 Å². The lowest BCUT2D eigenvalue weighted by molar-refractivity contribution is 0.0857. The maximum absolute atomic E-state index is 14.3. The van der Waals surface area contributed by atoms with Gasteiger partial charge in [-0.2, -0.15) is 10.2 Å². The topological polar surface area (TPSA) is 119 Å². The summed E-state index contributed by atoms with van der Waals surface area (Å²) < 4.78 is 3.95. The Morgan fingerprint density at radius 2 is 1.00 bits per heavy atom. The van der Waals surface area contributed by atoms with Crippen LogP contribution in [0.1, 0.15) is 70.8 Å². The Morgan fingerprint density at radius 3 is 1.65 bits per heavy atom. The maximum atomic E-state index is 14.3. The summed E-state index contributed by atoms with van der Waals surface area (Å²) in [6.45, 7) is 10.6. The second kappa shape index (κ2) is 17.1. The Bertz CT molecular complexity index is 3500. The minimum Gasteiger partial charge on any atom is -0.338 e. The minimum atomic E-state index is -0.379. The van der Waals surface area contributed by atoms with Gasteiger partial charge in [0.2, 0.25) is 11.9 Å². The number of amides is 2. The molecule has 0 aliphatic carbocycles. The molecule has 0 saturated heterocycles. The van der Waals surface area contributed by atoms with Gasteiger partial charge in [0.25, 0.3) is 11.8 Å². The van der Waals surface area contributed by atoms with Gasteiger partial charge in [-0.05, 0) is 96.0 Å². The predicted molar refractivity (Wildman–Crippen MR) is 286 cm³/mol. The van der Waals surface area contributed by atoms with E-state index >= 15 is 0 Å². The maximum Gasteiger partial charge on any atom is 0.267 e. The molecule has 0 unspecified atom stereocenters. The standard InChI is InChI=1S/C59H55N11O2/c1-58(2)36-67-52-49(54(71)65(5)56(67)61-58)48(31-38-15-9-7-10-16-38)69(64-52)34-39-25-29-43(30-26-39)44-19-13-20-45(32-44)46-21-14-22-47(33-46)60-51-50-53(68-37-59(3,4)62-57(68)66(6)55(50)72)70(63-51)35-40-23-27-42(28-24-40)41-17-11-8-12-18-41/h7-30,32-33H,31,34-37H2,1-6H3,(H,60,63). The van der Waals surface area contributed by atoms with Gasteiger partial charge in [0.1, 0.15) is 16.9 Å². The number of hydrogen-bond donors (Lipinski definition) is 1. The predicted octanol–water partition coefficient (Wildman–Crippen LogP) is 10.6. The zero-order chi connectivity index (χ0) is 49.5. The number of hydrogen-bond acceptors (Lipinski definition) is 9. The number of carbonyl (C=O) groups is 2. The van der Waals surface area contributed by atoms with Crippen molar-refractivity contribution in [2.24, 2.45) is 9.98 Å². The van der Waals surface area contributed by atoms with Crippen molar-refractivity contribution in [2.45, 2.75) is 58.3 Å². The molecular formula is C59H55N11O2. The Kier molecular flexibility index (Phi) is 10.6. The summed E-state index contributed by atoms with van der Waals surface area (Å²) in [5.41, 5.74) is 12.0. The fraction of sp³-hybridized carbons (Fsp3) is 0.220. The number of nitrogens with zero attached hydrogens (tertiary/aromatic N) is 10. The van der Waals surface area contributed by atoms with Crippen molar-refractivity contribution in [1.82, 2.24) is 29.4 Å². The van der Waals surface area contributed by atoms with E-state index in [0.717, 1.165) is 67.3 Å². The molecule has 8 aromatic rings. The third kappa shape index (κ3) is 8.00. The van der Waals surface area contributed by atoms with E-state index in [1.807, 2.05) is 57.9 Å². The molecule has 1 N–H and O–H groups in total. The number of carbonyl (C=O) groups excluding carboxylic acids is 2. The second-order valence-electron chi connectivity index (χ2n) is 20.6. The lowest BCUT2D eigenvalue weighted by Crippen LogP contribution is -2.49. The molecule has 2 aromatic heterocycles. The van der Waals surface area contributed by atoms with Crippen LogP contribution in [-0.2, 0) is 19.5 Å². The highest BCUT2D eigenvalue weighted by Gasteiger charge is 2.47. The van der Waals surface area contributed by atoms with Gasteiger partial charge in [-0.3, -0.25) is 33.9 Å². The molecule has 2 amide bonds. The molecule has 0 spiro atoms. The SMILES string of the molecule is CN1C(=O)c2c(nn(Cc3ccc(-c4cccc(-c5cccc(Nc6nn(Cc7ccc(-c8ccccc8)cc7)c7c6C(=O)N(C)C6=NC(C)(C)CN67)c5)c4)cc3)c2Cc2ccccc2)N2CC(C)(C)N=C12. The Morgan fingerprint density at radius 1 is 0.500 bits per heavy atom. The van der Waals surface area contributed by atoms with Gasteiger partial charge in [0.15, 0.2) is 11.6 Å². The van der Waals surface area contributed by atoms with Crippen LogP contribution in [0, 0.1) is 0 Å². The first-order valence-corrected chi connectivity index (χ1v) is 24.5. The monoisotopic (exact) mass is 949 g/mol. The first kappa shape index (κ1) is 44.6. The molecule has 358 valence electrons. The van der Waals surface area contributed by atoms with E-state index in [2.05, 4.69) is 152 Å². The van der Waals surface area contributed by atoms with Gasteiger partial charge in [-0.25, -0.2) is 14.7 Å². The summed E-state index contributed by atoms with van der Waals surface area (Å²) in [6.07, 6.45) is 0.576. The van der Waals surface area contributed by atoms with Crippen LogP contribution in [0.15, 0.2) is 168 Å². The average Bonchev–Trinajstić information content (AvgIpc) is 4.12. The lowest BCUT2D eigenvalue weighted by atomic mass is 9.98. The van der Waals surface area contributed by atoms with Crippen molar-refractivity contribution < 1.29 is 9.59 Å².